The summed E-state index contributed by atoms with van der Waals surface area (Å²) in [5.74, 6) is 0.524. The molecule has 7 nitrogen and oxygen atoms in total. The Morgan fingerprint density at radius 2 is 1.79 bits per heavy atom. The monoisotopic (exact) mass is 526 g/mol. The largest absolute Gasteiger partial charge is 0.383 e. The third-order valence-electron chi connectivity index (χ3n) is 9.03. The molecule has 2 aliphatic heterocycles. The Hall–Kier alpha value is -1.96. The van der Waals surface area contributed by atoms with Crippen LogP contribution in [0.1, 0.15) is 107 Å². The molecule has 4 N–H and O–H groups in total. The molecule has 2 saturated heterocycles. The molecular weight excluding hydrogens is 476 g/mol. The Balaban J connectivity index is 1.36. The first-order valence-electron chi connectivity index (χ1n) is 15.0. The topological polar surface area (TPSA) is 98.9 Å². The number of piperidine rings is 1. The van der Waals surface area contributed by atoms with Crippen LogP contribution in [-0.4, -0.2) is 76.6 Å². The summed E-state index contributed by atoms with van der Waals surface area (Å²) in [4.78, 5) is 29.7. The van der Waals surface area contributed by atoms with Crippen molar-refractivity contribution in [1.82, 2.24) is 15.1 Å². The number of nitrogens with zero attached hydrogens (tertiary/aromatic N) is 2. The third kappa shape index (κ3) is 7.80. The first-order valence-corrected chi connectivity index (χ1v) is 15.0. The van der Waals surface area contributed by atoms with Crippen molar-refractivity contribution < 1.29 is 14.7 Å². The fourth-order valence-electron chi connectivity index (χ4n) is 6.98. The Labute approximate surface area is 229 Å². The van der Waals surface area contributed by atoms with E-state index in [2.05, 4.69) is 37.1 Å². The minimum atomic E-state index is -0.951. The summed E-state index contributed by atoms with van der Waals surface area (Å²) in [6.07, 6.45) is 10.2. The molecule has 1 saturated carbocycles. The summed E-state index contributed by atoms with van der Waals surface area (Å²) in [6, 6.07) is 8.85. The highest BCUT2D eigenvalue weighted by atomic mass is 16.3. The second kappa shape index (κ2) is 12.9. The molecular formula is C31H50N4O3. The summed E-state index contributed by atoms with van der Waals surface area (Å²) in [7, 11) is 0. The average Bonchev–Trinajstić information content (AvgIpc) is 3.12. The van der Waals surface area contributed by atoms with Crippen molar-refractivity contribution in [2.45, 2.75) is 115 Å². The highest BCUT2D eigenvalue weighted by molar-refractivity contribution is 5.92. The molecule has 3 fully saturated rings. The number of fused-ring (bicyclic) bond motifs is 2. The van der Waals surface area contributed by atoms with Gasteiger partial charge in [0.25, 0.3) is 5.91 Å². The zero-order chi connectivity index (χ0) is 27.3. The predicted octanol–water partition coefficient (Wildman–Crippen LogP) is 4.04. The van der Waals surface area contributed by atoms with Gasteiger partial charge < -0.3 is 21.1 Å². The van der Waals surface area contributed by atoms with E-state index in [1.54, 1.807) is 6.07 Å². The lowest BCUT2D eigenvalue weighted by atomic mass is 9.84. The van der Waals surface area contributed by atoms with E-state index in [1.807, 2.05) is 17.0 Å². The number of rotatable bonds is 11. The minimum absolute atomic E-state index is 0.0306. The molecule has 0 aromatic heterocycles. The summed E-state index contributed by atoms with van der Waals surface area (Å²) >= 11 is 0. The molecule has 212 valence electrons. The fraction of sp³-hybridized carbons (Fsp3) is 0.742. The van der Waals surface area contributed by atoms with E-state index in [1.165, 1.54) is 50.5 Å². The van der Waals surface area contributed by atoms with Gasteiger partial charge in [-0.15, -0.1) is 0 Å². The molecule has 1 aliphatic carbocycles. The van der Waals surface area contributed by atoms with E-state index >= 15 is 0 Å². The van der Waals surface area contributed by atoms with E-state index in [0.717, 1.165) is 25.9 Å². The zero-order valence-electron chi connectivity index (χ0n) is 23.8. The van der Waals surface area contributed by atoms with Crippen LogP contribution in [0.5, 0.6) is 0 Å². The van der Waals surface area contributed by atoms with Gasteiger partial charge in [-0.2, -0.15) is 0 Å². The van der Waals surface area contributed by atoms with Gasteiger partial charge in [0.05, 0.1) is 0 Å². The highest BCUT2D eigenvalue weighted by Crippen LogP contribution is 2.43. The van der Waals surface area contributed by atoms with Crippen molar-refractivity contribution >= 4 is 11.8 Å². The van der Waals surface area contributed by atoms with Crippen molar-refractivity contribution in [3.8, 4) is 0 Å². The minimum Gasteiger partial charge on any atom is -0.383 e. The Morgan fingerprint density at radius 3 is 2.42 bits per heavy atom. The van der Waals surface area contributed by atoms with Crippen molar-refractivity contribution in [1.29, 1.82) is 0 Å². The van der Waals surface area contributed by atoms with Crippen LogP contribution in [0.15, 0.2) is 24.3 Å². The van der Waals surface area contributed by atoms with Crippen LogP contribution in [0.3, 0.4) is 0 Å². The molecule has 2 amide bonds. The van der Waals surface area contributed by atoms with E-state index < -0.39 is 6.10 Å². The number of nitrogens with one attached hydrogen (secondary N) is 1. The standard InChI is InChI=1S/C31H50N4O3/c1-31(2,3)33-15-14-28(36)30(38)34(21-22-8-5-4-6-9-22)16-17-35-26-12-13-27(35)20-25(19-26)23-10-7-11-24(18-23)29(32)37/h7,10-11,18,22,25-28,33,36H,4-6,8-9,12-17,19-21H2,1-3H3,(H2,32,37)/t25?,26-,27+,28-/m0/s1. The van der Waals surface area contributed by atoms with Gasteiger partial charge in [0.1, 0.15) is 6.10 Å². The zero-order valence-corrected chi connectivity index (χ0v) is 23.8. The van der Waals surface area contributed by atoms with Gasteiger partial charge in [-0.3, -0.25) is 14.5 Å². The molecule has 4 rings (SSSR count). The highest BCUT2D eigenvalue weighted by Gasteiger charge is 2.41. The Kier molecular flexibility index (Phi) is 9.88. The molecule has 4 atom stereocenters. The Bertz CT molecular complexity index is 925. The smallest absolute Gasteiger partial charge is 0.251 e. The van der Waals surface area contributed by atoms with Crippen molar-refractivity contribution in [3.05, 3.63) is 35.4 Å². The third-order valence-corrected chi connectivity index (χ3v) is 9.03. The van der Waals surface area contributed by atoms with Gasteiger partial charge in [0, 0.05) is 42.8 Å². The maximum absolute atomic E-state index is 13.4. The van der Waals surface area contributed by atoms with Crippen LogP contribution >= 0.6 is 0 Å². The second-order valence-electron chi connectivity index (χ2n) is 13.1. The van der Waals surface area contributed by atoms with Crippen LogP contribution in [0.4, 0.5) is 0 Å². The maximum atomic E-state index is 13.4. The molecule has 1 aromatic carbocycles. The molecule has 2 bridgehead atoms. The SMILES string of the molecule is CC(C)(C)NCC[C@H](O)C(=O)N(CCN1[C@@H]2CC[C@H]1CC(c1cccc(C(N)=O)c1)C2)CC1CCCCC1. The second-order valence-corrected chi connectivity index (χ2v) is 13.1. The number of hydrogen-bond donors (Lipinski definition) is 3. The molecule has 0 radical (unpaired) electrons. The summed E-state index contributed by atoms with van der Waals surface area (Å²) in [5.41, 5.74) is 7.31. The fourth-order valence-corrected chi connectivity index (χ4v) is 6.98. The number of benzene rings is 1. The molecule has 0 spiro atoms. The molecule has 3 aliphatic rings. The van der Waals surface area contributed by atoms with Gasteiger partial charge in [0.15, 0.2) is 0 Å². The molecule has 2 heterocycles. The summed E-state index contributed by atoms with van der Waals surface area (Å²) < 4.78 is 0. The number of hydrogen-bond acceptors (Lipinski definition) is 5. The van der Waals surface area contributed by atoms with E-state index in [4.69, 9.17) is 5.73 Å². The molecule has 7 heteroatoms. The van der Waals surface area contributed by atoms with Gasteiger partial charge in [0.2, 0.25) is 5.91 Å². The van der Waals surface area contributed by atoms with E-state index in [0.29, 0.717) is 49.0 Å². The van der Waals surface area contributed by atoms with Crippen LogP contribution in [-0.2, 0) is 4.79 Å². The number of primary amides is 1. The predicted molar refractivity (Wildman–Crippen MR) is 152 cm³/mol. The number of aliphatic hydroxyl groups is 1. The van der Waals surface area contributed by atoms with E-state index in [-0.39, 0.29) is 17.4 Å². The van der Waals surface area contributed by atoms with Crippen molar-refractivity contribution in [2.75, 3.05) is 26.2 Å². The molecule has 38 heavy (non-hydrogen) atoms. The average molecular weight is 527 g/mol. The lowest BCUT2D eigenvalue weighted by molar-refractivity contribution is -0.141. The lowest BCUT2D eigenvalue weighted by Crippen LogP contribution is -2.50. The van der Waals surface area contributed by atoms with Crippen molar-refractivity contribution in [2.24, 2.45) is 11.7 Å². The van der Waals surface area contributed by atoms with Crippen molar-refractivity contribution in [3.63, 3.8) is 0 Å². The number of carbonyl (C=O) groups excluding carboxylic acids is 2. The van der Waals surface area contributed by atoms with Gasteiger partial charge in [-0.1, -0.05) is 31.4 Å². The van der Waals surface area contributed by atoms with Crippen LogP contribution in [0.2, 0.25) is 0 Å². The quantitative estimate of drug-likeness (QED) is 0.404. The van der Waals surface area contributed by atoms with Gasteiger partial charge >= 0.3 is 0 Å². The lowest BCUT2D eigenvalue weighted by Gasteiger charge is -2.41. The summed E-state index contributed by atoms with van der Waals surface area (Å²) in [6.45, 7) is 9.26. The number of carbonyl (C=O) groups is 2. The molecule has 1 aromatic rings. The number of aliphatic hydroxyl groups excluding tert-OH is 1. The maximum Gasteiger partial charge on any atom is 0.251 e. The van der Waals surface area contributed by atoms with Crippen LogP contribution < -0.4 is 11.1 Å². The first-order chi connectivity index (χ1) is 18.1. The summed E-state index contributed by atoms with van der Waals surface area (Å²) in [5, 5.41) is 14.2. The Morgan fingerprint density at radius 1 is 1.11 bits per heavy atom. The normalized spacial score (nSPS) is 25.3. The van der Waals surface area contributed by atoms with E-state index in [9.17, 15) is 14.7 Å². The first kappa shape index (κ1) is 29.0. The van der Waals surface area contributed by atoms with Gasteiger partial charge in [-0.05, 0) is 102 Å². The van der Waals surface area contributed by atoms with Gasteiger partial charge in [-0.25, -0.2) is 0 Å². The van der Waals surface area contributed by atoms with Crippen LogP contribution in [0.25, 0.3) is 0 Å². The van der Waals surface area contributed by atoms with Crippen LogP contribution in [0, 0.1) is 5.92 Å². The number of nitrogens with two attached hydrogens (primary N) is 1. The molecule has 1 unspecified atom stereocenters. The number of amides is 2.